The minimum Gasteiger partial charge on any atom is -0.337 e. The molecular formula is C14H19FN2O. The normalized spacial score (nSPS) is 23.7. The lowest BCUT2D eigenvalue weighted by Crippen LogP contribution is -2.40. The van der Waals surface area contributed by atoms with Gasteiger partial charge in [0.15, 0.2) is 0 Å². The quantitative estimate of drug-likeness (QED) is 0.756. The summed E-state index contributed by atoms with van der Waals surface area (Å²) >= 11 is 0. The number of hydrogen-bond donors (Lipinski definition) is 0. The minimum absolute atomic E-state index is 0.186. The molecule has 1 saturated carbocycles. The van der Waals surface area contributed by atoms with Crippen LogP contribution < -0.4 is 0 Å². The van der Waals surface area contributed by atoms with E-state index in [-0.39, 0.29) is 17.6 Å². The van der Waals surface area contributed by atoms with Gasteiger partial charge in [-0.05, 0) is 30.9 Å². The van der Waals surface area contributed by atoms with Gasteiger partial charge < -0.3 is 4.90 Å². The summed E-state index contributed by atoms with van der Waals surface area (Å²) < 4.78 is 13.0. The Hall–Kier alpha value is -1.45. The summed E-state index contributed by atoms with van der Waals surface area (Å²) in [6, 6.07) is 4.59. The molecule has 2 unspecified atom stereocenters. The van der Waals surface area contributed by atoms with Crippen molar-refractivity contribution in [1.82, 2.24) is 9.88 Å². The fourth-order valence-corrected chi connectivity index (χ4v) is 2.63. The lowest BCUT2D eigenvalue weighted by Gasteiger charge is -2.34. The van der Waals surface area contributed by atoms with Gasteiger partial charge in [-0.15, -0.1) is 0 Å². The van der Waals surface area contributed by atoms with E-state index in [9.17, 15) is 9.18 Å². The highest BCUT2D eigenvalue weighted by Gasteiger charge is 2.26. The molecule has 1 amide bonds. The van der Waals surface area contributed by atoms with Crippen LogP contribution in [-0.2, 0) is 0 Å². The molecule has 1 heterocycles. The molecule has 0 bridgehead atoms. The zero-order chi connectivity index (χ0) is 13.1. The predicted octanol–water partition coefficient (Wildman–Crippen LogP) is 2.87. The summed E-state index contributed by atoms with van der Waals surface area (Å²) in [5.41, 5.74) is 0.190. The van der Waals surface area contributed by atoms with Crippen LogP contribution in [0.4, 0.5) is 4.39 Å². The maximum absolute atomic E-state index is 13.0. The molecule has 1 fully saturated rings. The fraction of sp³-hybridized carbons (Fsp3) is 0.571. The molecule has 2 rings (SSSR count). The van der Waals surface area contributed by atoms with Crippen LogP contribution in [0.2, 0.25) is 0 Å². The smallest absolute Gasteiger partial charge is 0.272 e. The largest absolute Gasteiger partial charge is 0.337 e. The van der Waals surface area contributed by atoms with Crippen LogP contribution in [0.15, 0.2) is 18.2 Å². The van der Waals surface area contributed by atoms with Gasteiger partial charge in [-0.2, -0.15) is 4.39 Å². The van der Waals surface area contributed by atoms with Crippen LogP contribution in [0.3, 0.4) is 0 Å². The topological polar surface area (TPSA) is 33.2 Å². The standard InChI is InChI=1S/C14H19FN2O/c1-10-5-3-6-11(9-10)17(2)14(18)12-7-4-8-13(15)16-12/h4,7-8,10-11H,3,5-6,9H2,1-2H3. The predicted molar refractivity (Wildman–Crippen MR) is 67.7 cm³/mol. The molecule has 1 aliphatic carbocycles. The van der Waals surface area contributed by atoms with Gasteiger partial charge in [0.25, 0.3) is 5.91 Å². The number of aromatic nitrogens is 1. The van der Waals surface area contributed by atoms with Crippen molar-refractivity contribution in [3.8, 4) is 0 Å². The number of carbonyl (C=O) groups is 1. The van der Waals surface area contributed by atoms with Crippen molar-refractivity contribution >= 4 is 5.91 Å². The Balaban J connectivity index is 2.08. The second kappa shape index (κ2) is 5.46. The molecular weight excluding hydrogens is 231 g/mol. The van der Waals surface area contributed by atoms with Gasteiger partial charge in [0.05, 0.1) is 0 Å². The number of nitrogens with zero attached hydrogens (tertiary/aromatic N) is 2. The zero-order valence-electron chi connectivity index (χ0n) is 10.9. The van der Waals surface area contributed by atoms with Crippen LogP contribution in [0.25, 0.3) is 0 Å². The number of hydrogen-bond acceptors (Lipinski definition) is 2. The minimum atomic E-state index is -0.605. The molecule has 2 atom stereocenters. The molecule has 1 aromatic rings. The SMILES string of the molecule is CC1CCCC(N(C)C(=O)c2cccc(F)n2)C1. The van der Waals surface area contributed by atoms with E-state index >= 15 is 0 Å². The average molecular weight is 250 g/mol. The molecule has 0 radical (unpaired) electrons. The van der Waals surface area contributed by atoms with Crippen molar-refractivity contribution in [2.45, 2.75) is 38.6 Å². The lowest BCUT2D eigenvalue weighted by atomic mass is 9.86. The first-order chi connectivity index (χ1) is 8.58. The Labute approximate surface area is 107 Å². The summed E-state index contributed by atoms with van der Waals surface area (Å²) in [6.07, 6.45) is 4.44. The maximum Gasteiger partial charge on any atom is 0.272 e. The molecule has 0 aromatic carbocycles. The van der Waals surface area contributed by atoms with E-state index in [4.69, 9.17) is 0 Å². The third-order valence-corrected chi connectivity index (χ3v) is 3.71. The maximum atomic E-state index is 13.0. The zero-order valence-corrected chi connectivity index (χ0v) is 10.9. The highest BCUT2D eigenvalue weighted by molar-refractivity contribution is 5.92. The molecule has 4 heteroatoms. The molecule has 1 aromatic heterocycles. The van der Waals surface area contributed by atoms with E-state index in [1.54, 1.807) is 18.0 Å². The van der Waals surface area contributed by atoms with Gasteiger partial charge in [0.1, 0.15) is 5.69 Å². The van der Waals surface area contributed by atoms with Crippen molar-refractivity contribution in [2.75, 3.05) is 7.05 Å². The van der Waals surface area contributed by atoms with E-state index < -0.39 is 5.95 Å². The number of carbonyl (C=O) groups excluding carboxylic acids is 1. The third kappa shape index (κ3) is 2.86. The first-order valence-electron chi connectivity index (χ1n) is 6.47. The summed E-state index contributed by atoms with van der Waals surface area (Å²) in [5.74, 6) is -0.140. The van der Waals surface area contributed by atoms with Gasteiger partial charge in [-0.25, -0.2) is 4.98 Å². The second-order valence-corrected chi connectivity index (χ2v) is 5.19. The first kappa shape index (κ1) is 13.0. The van der Waals surface area contributed by atoms with E-state index in [0.29, 0.717) is 5.92 Å². The first-order valence-corrected chi connectivity index (χ1v) is 6.47. The van der Waals surface area contributed by atoms with Crippen LogP contribution in [0, 0.1) is 11.9 Å². The van der Waals surface area contributed by atoms with Crippen LogP contribution in [0.5, 0.6) is 0 Å². The van der Waals surface area contributed by atoms with Crippen molar-refractivity contribution in [3.63, 3.8) is 0 Å². The lowest BCUT2D eigenvalue weighted by molar-refractivity contribution is 0.0665. The summed E-state index contributed by atoms with van der Waals surface area (Å²) in [4.78, 5) is 17.6. The highest BCUT2D eigenvalue weighted by Crippen LogP contribution is 2.27. The number of pyridine rings is 1. The molecule has 18 heavy (non-hydrogen) atoms. The Kier molecular flexibility index (Phi) is 3.94. The summed E-state index contributed by atoms with van der Waals surface area (Å²) in [7, 11) is 1.79. The van der Waals surface area contributed by atoms with E-state index in [0.717, 1.165) is 19.3 Å². The van der Waals surface area contributed by atoms with Crippen LogP contribution in [0.1, 0.15) is 43.1 Å². The monoisotopic (exact) mass is 250 g/mol. The van der Waals surface area contributed by atoms with Crippen molar-refractivity contribution in [2.24, 2.45) is 5.92 Å². The van der Waals surface area contributed by atoms with Crippen LogP contribution >= 0.6 is 0 Å². The van der Waals surface area contributed by atoms with E-state index in [2.05, 4.69) is 11.9 Å². The fourth-order valence-electron chi connectivity index (χ4n) is 2.63. The molecule has 0 aliphatic heterocycles. The van der Waals surface area contributed by atoms with Crippen molar-refractivity contribution in [1.29, 1.82) is 0 Å². The summed E-state index contributed by atoms with van der Waals surface area (Å²) in [6.45, 7) is 2.21. The van der Waals surface area contributed by atoms with Gasteiger partial charge >= 0.3 is 0 Å². The summed E-state index contributed by atoms with van der Waals surface area (Å²) in [5, 5.41) is 0. The Morgan fingerprint density at radius 1 is 1.44 bits per heavy atom. The molecule has 1 aliphatic rings. The molecule has 98 valence electrons. The highest BCUT2D eigenvalue weighted by atomic mass is 19.1. The van der Waals surface area contributed by atoms with Crippen LogP contribution in [-0.4, -0.2) is 28.9 Å². The molecule has 0 saturated heterocycles. The molecule has 0 spiro atoms. The number of rotatable bonds is 2. The number of halogens is 1. The second-order valence-electron chi connectivity index (χ2n) is 5.19. The van der Waals surface area contributed by atoms with Gasteiger partial charge in [-0.3, -0.25) is 4.79 Å². The van der Waals surface area contributed by atoms with Gasteiger partial charge in [0.2, 0.25) is 5.95 Å². The average Bonchev–Trinajstić information content (AvgIpc) is 2.37. The third-order valence-electron chi connectivity index (χ3n) is 3.71. The molecule has 3 nitrogen and oxygen atoms in total. The van der Waals surface area contributed by atoms with E-state index in [1.807, 2.05) is 0 Å². The Morgan fingerprint density at radius 3 is 2.89 bits per heavy atom. The number of amides is 1. The van der Waals surface area contributed by atoms with Crippen molar-refractivity contribution in [3.05, 3.63) is 29.8 Å². The Morgan fingerprint density at radius 2 is 2.22 bits per heavy atom. The van der Waals surface area contributed by atoms with Crippen molar-refractivity contribution < 1.29 is 9.18 Å². The Bertz CT molecular complexity index is 436. The van der Waals surface area contributed by atoms with Gasteiger partial charge in [-0.1, -0.05) is 25.8 Å². The molecule has 0 N–H and O–H groups in total. The van der Waals surface area contributed by atoms with E-state index in [1.165, 1.54) is 18.6 Å². The van der Waals surface area contributed by atoms with Gasteiger partial charge in [0, 0.05) is 13.1 Å².